The van der Waals surface area contributed by atoms with Gasteiger partial charge >= 0.3 is 0 Å². The summed E-state index contributed by atoms with van der Waals surface area (Å²) in [5, 5.41) is 3.40. The SMILES string of the molecule is Cc1cc(C2CCNCC2)ccc1Br.Cl. The summed E-state index contributed by atoms with van der Waals surface area (Å²) in [6, 6.07) is 6.75. The Labute approximate surface area is 106 Å². The van der Waals surface area contributed by atoms with E-state index in [4.69, 9.17) is 0 Å². The predicted molar refractivity (Wildman–Crippen MR) is 71.0 cm³/mol. The van der Waals surface area contributed by atoms with Crippen molar-refractivity contribution in [2.24, 2.45) is 0 Å². The van der Waals surface area contributed by atoms with Crippen LogP contribution in [0.3, 0.4) is 0 Å². The second-order valence-corrected chi connectivity index (χ2v) is 4.89. The Morgan fingerprint density at radius 3 is 2.53 bits per heavy atom. The lowest BCUT2D eigenvalue weighted by Gasteiger charge is -2.23. The van der Waals surface area contributed by atoms with Crippen molar-refractivity contribution in [2.75, 3.05) is 13.1 Å². The van der Waals surface area contributed by atoms with Crippen LogP contribution >= 0.6 is 28.3 Å². The first-order valence-electron chi connectivity index (χ1n) is 5.24. The van der Waals surface area contributed by atoms with Crippen LogP contribution in [-0.2, 0) is 0 Å². The molecule has 1 aliphatic heterocycles. The van der Waals surface area contributed by atoms with E-state index in [0.29, 0.717) is 0 Å². The molecule has 0 aromatic heterocycles. The van der Waals surface area contributed by atoms with Crippen molar-refractivity contribution in [3.63, 3.8) is 0 Å². The van der Waals surface area contributed by atoms with Gasteiger partial charge in [-0.25, -0.2) is 0 Å². The second-order valence-electron chi connectivity index (χ2n) is 4.03. The van der Waals surface area contributed by atoms with Gasteiger partial charge in [-0.15, -0.1) is 12.4 Å². The zero-order chi connectivity index (χ0) is 9.97. The Balaban J connectivity index is 0.00000112. The first-order valence-corrected chi connectivity index (χ1v) is 6.03. The fourth-order valence-corrected chi connectivity index (χ4v) is 2.32. The minimum absolute atomic E-state index is 0. The molecule has 3 heteroatoms. The van der Waals surface area contributed by atoms with E-state index in [9.17, 15) is 0 Å². The third-order valence-electron chi connectivity index (χ3n) is 2.99. The van der Waals surface area contributed by atoms with E-state index in [0.717, 1.165) is 5.92 Å². The molecule has 1 aliphatic rings. The largest absolute Gasteiger partial charge is 0.317 e. The first kappa shape index (κ1) is 13.0. The summed E-state index contributed by atoms with van der Waals surface area (Å²) in [7, 11) is 0. The van der Waals surface area contributed by atoms with Crippen LogP contribution in [0.15, 0.2) is 22.7 Å². The molecule has 1 N–H and O–H groups in total. The van der Waals surface area contributed by atoms with Crippen LogP contribution in [0.5, 0.6) is 0 Å². The summed E-state index contributed by atoms with van der Waals surface area (Å²) in [4.78, 5) is 0. The molecule has 0 saturated carbocycles. The standard InChI is InChI=1S/C12H16BrN.ClH/c1-9-8-11(2-3-12(9)13)10-4-6-14-7-5-10;/h2-3,8,10,14H,4-7H2,1H3;1H. The molecule has 1 saturated heterocycles. The molecule has 0 spiro atoms. The van der Waals surface area contributed by atoms with Gasteiger partial charge in [0.05, 0.1) is 0 Å². The Kier molecular flexibility index (Phi) is 5.10. The van der Waals surface area contributed by atoms with E-state index in [2.05, 4.69) is 46.4 Å². The summed E-state index contributed by atoms with van der Waals surface area (Å²) >= 11 is 3.54. The molecule has 1 aromatic rings. The molecule has 1 heterocycles. The van der Waals surface area contributed by atoms with Gasteiger partial charge < -0.3 is 5.32 Å². The van der Waals surface area contributed by atoms with Gasteiger partial charge in [0.1, 0.15) is 0 Å². The topological polar surface area (TPSA) is 12.0 Å². The lowest BCUT2D eigenvalue weighted by atomic mass is 9.89. The van der Waals surface area contributed by atoms with Crippen molar-refractivity contribution in [1.82, 2.24) is 5.32 Å². The molecule has 0 amide bonds. The van der Waals surface area contributed by atoms with E-state index in [-0.39, 0.29) is 12.4 Å². The number of benzene rings is 1. The van der Waals surface area contributed by atoms with Crippen molar-refractivity contribution >= 4 is 28.3 Å². The maximum atomic E-state index is 3.54. The Bertz CT molecular complexity index is 321. The zero-order valence-corrected chi connectivity index (χ0v) is 11.3. The van der Waals surface area contributed by atoms with Crippen LogP contribution in [0.1, 0.15) is 29.9 Å². The maximum absolute atomic E-state index is 3.54. The van der Waals surface area contributed by atoms with Crippen molar-refractivity contribution < 1.29 is 0 Å². The van der Waals surface area contributed by atoms with Crippen LogP contribution in [-0.4, -0.2) is 13.1 Å². The van der Waals surface area contributed by atoms with E-state index < -0.39 is 0 Å². The van der Waals surface area contributed by atoms with Gasteiger partial charge in [-0.05, 0) is 56.0 Å². The molecular formula is C12H17BrClN. The van der Waals surface area contributed by atoms with Gasteiger partial charge in [-0.3, -0.25) is 0 Å². The van der Waals surface area contributed by atoms with Gasteiger partial charge in [0.25, 0.3) is 0 Å². The number of hydrogen-bond acceptors (Lipinski definition) is 1. The lowest BCUT2D eigenvalue weighted by molar-refractivity contribution is 0.460. The molecule has 1 nitrogen and oxygen atoms in total. The van der Waals surface area contributed by atoms with Crippen LogP contribution in [0.25, 0.3) is 0 Å². The van der Waals surface area contributed by atoms with E-state index >= 15 is 0 Å². The van der Waals surface area contributed by atoms with Gasteiger partial charge in [-0.2, -0.15) is 0 Å². The van der Waals surface area contributed by atoms with Gasteiger partial charge in [0.15, 0.2) is 0 Å². The number of rotatable bonds is 1. The first-order chi connectivity index (χ1) is 6.77. The van der Waals surface area contributed by atoms with Crippen LogP contribution in [0, 0.1) is 6.92 Å². The number of hydrogen-bond donors (Lipinski definition) is 1. The highest BCUT2D eigenvalue weighted by Gasteiger charge is 2.15. The smallest absolute Gasteiger partial charge is 0.0204 e. The van der Waals surface area contributed by atoms with E-state index in [1.807, 2.05) is 0 Å². The van der Waals surface area contributed by atoms with Gasteiger partial charge in [0.2, 0.25) is 0 Å². The Morgan fingerprint density at radius 1 is 1.27 bits per heavy atom. The number of halogens is 2. The summed E-state index contributed by atoms with van der Waals surface area (Å²) in [5.74, 6) is 0.767. The van der Waals surface area contributed by atoms with Crippen LogP contribution < -0.4 is 5.32 Å². The van der Waals surface area contributed by atoms with Crippen molar-refractivity contribution in [3.8, 4) is 0 Å². The average Bonchev–Trinajstić information content (AvgIpc) is 2.23. The van der Waals surface area contributed by atoms with Crippen molar-refractivity contribution in [2.45, 2.75) is 25.7 Å². The van der Waals surface area contributed by atoms with Gasteiger partial charge in [0, 0.05) is 4.47 Å². The second kappa shape index (κ2) is 5.88. The molecule has 0 bridgehead atoms. The molecule has 0 aliphatic carbocycles. The highest BCUT2D eigenvalue weighted by atomic mass is 79.9. The number of nitrogens with one attached hydrogen (secondary N) is 1. The molecule has 1 aromatic carbocycles. The molecule has 15 heavy (non-hydrogen) atoms. The maximum Gasteiger partial charge on any atom is 0.0204 e. The van der Waals surface area contributed by atoms with E-state index in [1.165, 1.54) is 41.5 Å². The number of aryl methyl sites for hydroxylation is 1. The number of piperidine rings is 1. The fourth-order valence-electron chi connectivity index (χ4n) is 2.08. The monoisotopic (exact) mass is 289 g/mol. The third kappa shape index (κ3) is 3.20. The normalized spacial score (nSPS) is 17.2. The minimum Gasteiger partial charge on any atom is -0.317 e. The molecule has 0 unspecified atom stereocenters. The molecule has 84 valence electrons. The summed E-state index contributed by atoms with van der Waals surface area (Å²) in [6.45, 7) is 4.49. The Hall–Kier alpha value is -0.0500. The summed E-state index contributed by atoms with van der Waals surface area (Å²) in [6.07, 6.45) is 2.56. The van der Waals surface area contributed by atoms with E-state index in [1.54, 1.807) is 0 Å². The molecule has 2 rings (SSSR count). The summed E-state index contributed by atoms with van der Waals surface area (Å²) in [5.41, 5.74) is 2.85. The minimum atomic E-state index is 0. The molecule has 0 radical (unpaired) electrons. The van der Waals surface area contributed by atoms with Crippen molar-refractivity contribution in [3.05, 3.63) is 33.8 Å². The van der Waals surface area contributed by atoms with Gasteiger partial charge in [-0.1, -0.05) is 28.1 Å². The molecule has 0 atom stereocenters. The highest BCUT2D eigenvalue weighted by molar-refractivity contribution is 9.10. The lowest BCUT2D eigenvalue weighted by Crippen LogP contribution is -2.26. The Morgan fingerprint density at radius 2 is 1.93 bits per heavy atom. The van der Waals surface area contributed by atoms with Crippen LogP contribution in [0.2, 0.25) is 0 Å². The molecular weight excluding hydrogens is 273 g/mol. The zero-order valence-electron chi connectivity index (χ0n) is 8.92. The average molecular weight is 291 g/mol. The van der Waals surface area contributed by atoms with Crippen molar-refractivity contribution in [1.29, 1.82) is 0 Å². The third-order valence-corrected chi connectivity index (χ3v) is 3.88. The highest BCUT2D eigenvalue weighted by Crippen LogP contribution is 2.28. The summed E-state index contributed by atoms with van der Waals surface area (Å²) < 4.78 is 1.22. The predicted octanol–water partition coefficient (Wildman–Crippen LogP) is 3.65. The quantitative estimate of drug-likeness (QED) is 0.832. The molecule has 1 fully saturated rings. The van der Waals surface area contributed by atoms with Crippen LogP contribution in [0.4, 0.5) is 0 Å². The fraction of sp³-hybridized carbons (Fsp3) is 0.500.